The summed E-state index contributed by atoms with van der Waals surface area (Å²) in [6.07, 6.45) is 1.77. The number of benzene rings is 2. The molecule has 2 aromatic carbocycles. The fourth-order valence-corrected chi connectivity index (χ4v) is 3.45. The van der Waals surface area contributed by atoms with Gasteiger partial charge < -0.3 is 51.8 Å². The molecule has 11 N–H and O–H groups in total. The Kier molecular flexibility index (Phi) is 5.94. The van der Waals surface area contributed by atoms with Crippen molar-refractivity contribution < 1.29 is 35.7 Å². The Morgan fingerprint density at radius 2 is 1.57 bits per heavy atom. The summed E-state index contributed by atoms with van der Waals surface area (Å²) in [4.78, 5) is 2.93. The molecular weight excluding hydrogens is 394 g/mol. The first-order valence-electron chi connectivity index (χ1n) is 9.23. The van der Waals surface area contributed by atoms with Crippen molar-refractivity contribution in [2.45, 2.75) is 12.0 Å². The summed E-state index contributed by atoms with van der Waals surface area (Å²) in [6.45, 7) is -1.91. The monoisotopic (exact) mass is 419 g/mol. The second-order valence-electron chi connectivity index (χ2n) is 7.12. The number of phenols is 4. The molecule has 1 heterocycles. The van der Waals surface area contributed by atoms with E-state index in [0.29, 0.717) is 16.5 Å². The van der Waals surface area contributed by atoms with Crippen LogP contribution in [0.25, 0.3) is 22.0 Å². The zero-order valence-corrected chi connectivity index (χ0v) is 16.1. The van der Waals surface area contributed by atoms with Gasteiger partial charge in [-0.05, 0) is 36.2 Å². The quantitative estimate of drug-likeness (QED) is 0.228. The molecule has 30 heavy (non-hydrogen) atoms. The molecule has 0 spiro atoms. The maximum atomic E-state index is 10.6. The first kappa shape index (κ1) is 21.5. The number of hydrogen-bond acceptors (Lipinski definition) is 9. The molecule has 0 aliphatic rings. The number of nitrogens with one attached hydrogen (secondary N) is 2. The third-order valence-corrected chi connectivity index (χ3v) is 5.16. The lowest BCUT2D eigenvalue weighted by Gasteiger charge is -2.32. The number of aromatic nitrogens is 1. The van der Waals surface area contributed by atoms with E-state index in [-0.39, 0.29) is 29.8 Å². The minimum atomic E-state index is -1.60. The lowest BCUT2D eigenvalue weighted by Crippen LogP contribution is -2.49. The third kappa shape index (κ3) is 3.46. The van der Waals surface area contributed by atoms with Crippen molar-refractivity contribution in [3.05, 3.63) is 30.0 Å². The van der Waals surface area contributed by atoms with Gasteiger partial charge in [0.1, 0.15) is 5.54 Å². The van der Waals surface area contributed by atoms with Crippen LogP contribution in [-0.2, 0) is 6.42 Å². The Bertz CT molecular complexity index is 1050. The molecule has 3 rings (SSSR count). The van der Waals surface area contributed by atoms with Gasteiger partial charge in [-0.15, -0.1) is 0 Å². The highest BCUT2D eigenvalue weighted by Crippen LogP contribution is 2.49. The maximum Gasteiger partial charge on any atom is 0.181 e. The molecule has 0 aliphatic carbocycles. The van der Waals surface area contributed by atoms with Gasteiger partial charge in [-0.25, -0.2) is 0 Å². The van der Waals surface area contributed by atoms with Crippen LogP contribution in [0.2, 0.25) is 0 Å². The van der Waals surface area contributed by atoms with E-state index in [1.165, 1.54) is 12.1 Å². The van der Waals surface area contributed by atoms with Crippen molar-refractivity contribution >= 4 is 16.6 Å². The molecule has 0 unspecified atom stereocenters. The average Bonchev–Trinajstić information content (AvgIpc) is 3.20. The highest BCUT2D eigenvalue weighted by Gasteiger charge is 2.32. The number of aromatic amines is 1. The van der Waals surface area contributed by atoms with Crippen molar-refractivity contribution in [2.24, 2.45) is 5.73 Å². The third-order valence-electron chi connectivity index (χ3n) is 5.16. The van der Waals surface area contributed by atoms with Crippen LogP contribution < -0.4 is 11.1 Å². The number of H-pyrrole nitrogens is 1. The summed E-state index contributed by atoms with van der Waals surface area (Å²) in [5.41, 5.74) is 5.40. The van der Waals surface area contributed by atoms with Crippen LogP contribution in [0.5, 0.6) is 23.0 Å². The molecule has 0 aliphatic heterocycles. The van der Waals surface area contributed by atoms with Crippen LogP contribution in [-0.4, -0.2) is 72.6 Å². The molecule has 0 bridgehead atoms. The molecule has 3 aromatic rings. The predicted octanol–water partition coefficient (Wildman–Crippen LogP) is 0.286. The number of anilines is 1. The highest BCUT2D eigenvalue weighted by molar-refractivity contribution is 6.02. The molecule has 1 aromatic heterocycles. The fraction of sp³-hybridized carbons (Fsp3) is 0.300. The smallest absolute Gasteiger partial charge is 0.181 e. The van der Waals surface area contributed by atoms with Crippen molar-refractivity contribution in [2.75, 3.05) is 31.7 Å². The Morgan fingerprint density at radius 1 is 0.933 bits per heavy atom. The number of rotatable bonds is 8. The van der Waals surface area contributed by atoms with Crippen LogP contribution >= 0.6 is 0 Å². The summed E-state index contributed by atoms with van der Waals surface area (Å²) in [5, 5.41) is 73.9. The van der Waals surface area contributed by atoms with Crippen LogP contribution in [0.4, 0.5) is 5.69 Å². The van der Waals surface area contributed by atoms with Gasteiger partial charge in [0.2, 0.25) is 0 Å². The molecule has 162 valence electrons. The Morgan fingerprint density at radius 3 is 2.17 bits per heavy atom. The summed E-state index contributed by atoms with van der Waals surface area (Å²) in [5.74, 6) is -1.96. The van der Waals surface area contributed by atoms with E-state index < -0.39 is 48.4 Å². The largest absolute Gasteiger partial charge is 0.504 e. The van der Waals surface area contributed by atoms with Crippen molar-refractivity contribution in [1.82, 2.24) is 4.98 Å². The van der Waals surface area contributed by atoms with Gasteiger partial charge in [-0.3, -0.25) is 0 Å². The van der Waals surface area contributed by atoms with Gasteiger partial charge in [0, 0.05) is 28.7 Å². The van der Waals surface area contributed by atoms with Gasteiger partial charge in [-0.2, -0.15) is 0 Å². The van der Waals surface area contributed by atoms with E-state index >= 15 is 0 Å². The molecule has 10 heteroatoms. The second kappa shape index (κ2) is 8.28. The predicted molar refractivity (Wildman–Crippen MR) is 111 cm³/mol. The first-order chi connectivity index (χ1) is 14.3. The van der Waals surface area contributed by atoms with E-state index in [2.05, 4.69) is 10.3 Å². The topological polar surface area (TPSA) is 195 Å². The normalized spacial score (nSPS) is 11.9. The Balaban J connectivity index is 2.36. The van der Waals surface area contributed by atoms with Crippen LogP contribution in [0.1, 0.15) is 5.56 Å². The van der Waals surface area contributed by atoms with E-state index in [1.807, 2.05) is 0 Å². The van der Waals surface area contributed by atoms with E-state index in [1.54, 1.807) is 12.3 Å². The lowest BCUT2D eigenvalue weighted by molar-refractivity contribution is 0.0831. The molecule has 10 nitrogen and oxygen atoms in total. The zero-order chi connectivity index (χ0) is 22.1. The molecular formula is C20H25N3O7. The number of phenolic OH excluding ortho intramolecular Hbond substituents is 4. The maximum absolute atomic E-state index is 10.6. The van der Waals surface area contributed by atoms with Crippen molar-refractivity contribution in [3.8, 4) is 34.1 Å². The van der Waals surface area contributed by atoms with Gasteiger partial charge in [0.25, 0.3) is 0 Å². The number of aliphatic hydroxyl groups excluding tert-OH is 3. The van der Waals surface area contributed by atoms with Gasteiger partial charge >= 0.3 is 0 Å². The van der Waals surface area contributed by atoms with Crippen molar-refractivity contribution in [1.29, 1.82) is 0 Å². The molecule has 0 saturated heterocycles. The summed E-state index contributed by atoms with van der Waals surface area (Å²) in [6, 6.07) is 4.25. The molecule has 0 saturated carbocycles. The Hall–Kier alpha value is -3.18. The number of nitrogens with two attached hydrogens (primary N) is 1. The molecule has 0 amide bonds. The van der Waals surface area contributed by atoms with Crippen molar-refractivity contribution in [3.63, 3.8) is 0 Å². The molecule has 0 atom stereocenters. The van der Waals surface area contributed by atoms with E-state index in [9.17, 15) is 35.7 Å². The average molecular weight is 419 g/mol. The highest BCUT2D eigenvalue weighted by atomic mass is 16.3. The number of aliphatic hydroxyl groups is 3. The zero-order valence-electron chi connectivity index (χ0n) is 16.1. The van der Waals surface area contributed by atoms with Gasteiger partial charge in [0.15, 0.2) is 23.0 Å². The second-order valence-corrected chi connectivity index (χ2v) is 7.12. The van der Waals surface area contributed by atoms with Crippen LogP contribution in [0.3, 0.4) is 0 Å². The van der Waals surface area contributed by atoms with Crippen LogP contribution in [0, 0.1) is 0 Å². The summed E-state index contributed by atoms with van der Waals surface area (Å²) >= 11 is 0. The minimum absolute atomic E-state index is 0.0703. The Labute approximate surface area is 171 Å². The van der Waals surface area contributed by atoms with Gasteiger partial charge in [-0.1, -0.05) is 0 Å². The fourth-order valence-electron chi connectivity index (χ4n) is 3.45. The summed E-state index contributed by atoms with van der Waals surface area (Å²) in [7, 11) is 0. The SMILES string of the molecule is NCCc1c(-c2c(O)c(O)cc3[nH]ccc23)cc(O)c(O)c1NC(CO)(CO)CO. The number of hydrogen-bond donors (Lipinski definition) is 10. The summed E-state index contributed by atoms with van der Waals surface area (Å²) < 4.78 is 0. The first-order valence-corrected chi connectivity index (χ1v) is 9.23. The number of aromatic hydroxyl groups is 4. The molecule has 0 fully saturated rings. The van der Waals surface area contributed by atoms with Crippen LogP contribution in [0.15, 0.2) is 24.4 Å². The van der Waals surface area contributed by atoms with E-state index in [0.717, 1.165) is 0 Å². The lowest BCUT2D eigenvalue weighted by atomic mass is 9.90. The standard InChI is InChI=1S/C20H25N3O7/c21-3-1-10-12(16-11-2-4-22-13(11)6-15(28)18(16)29)5-14(27)19(30)17(10)23-20(7-24,8-25)9-26/h2,4-6,22-30H,1,3,7-9,21H2. The van der Waals surface area contributed by atoms with E-state index in [4.69, 9.17) is 5.73 Å². The minimum Gasteiger partial charge on any atom is -0.504 e. The number of fused-ring (bicyclic) bond motifs is 1. The molecule has 0 radical (unpaired) electrons. The van der Waals surface area contributed by atoms with Gasteiger partial charge in [0.05, 0.1) is 25.5 Å².